The molecule has 0 bridgehead atoms. The number of hydrogen-bond acceptors (Lipinski definition) is 2. The molecule has 0 atom stereocenters. The average Bonchev–Trinajstić information content (AvgIpc) is 2.25. The summed E-state index contributed by atoms with van der Waals surface area (Å²) in [7, 11) is 0. The van der Waals surface area contributed by atoms with Gasteiger partial charge in [-0.1, -0.05) is 42.5 Å². The maximum Gasteiger partial charge on any atom is 0.259 e. The molecule has 3 nitrogen and oxygen atoms in total. The molecule has 0 radical (unpaired) electrons. The van der Waals surface area contributed by atoms with Crippen LogP contribution < -0.4 is 5.73 Å². The lowest BCUT2D eigenvalue weighted by atomic mass is 10.2. The minimum atomic E-state index is -0.713. The summed E-state index contributed by atoms with van der Waals surface area (Å²) < 4.78 is 0. The fourth-order valence-electron chi connectivity index (χ4n) is 0.994. The van der Waals surface area contributed by atoms with Crippen molar-refractivity contribution < 1.29 is 4.79 Å². The van der Waals surface area contributed by atoms with E-state index in [1.807, 2.05) is 30.3 Å². The molecule has 1 amide bonds. The number of primary amides is 1. The summed E-state index contributed by atoms with van der Waals surface area (Å²) in [5, 5.41) is 8.54. The molecule has 0 saturated heterocycles. The molecule has 0 fully saturated rings. The Hall–Kier alpha value is -2.34. The van der Waals surface area contributed by atoms with Gasteiger partial charge in [0.15, 0.2) is 0 Å². The second-order valence-electron chi connectivity index (χ2n) is 2.83. The van der Waals surface area contributed by atoms with Crippen molar-refractivity contribution in [3.63, 3.8) is 0 Å². The minimum absolute atomic E-state index is 0.0535. The lowest BCUT2D eigenvalue weighted by Crippen LogP contribution is -2.12. The lowest BCUT2D eigenvalue weighted by Gasteiger charge is -1.89. The smallest absolute Gasteiger partial charge is 0.259 e. The van der Waals surface area contributed by atoms with E-state index in [1.165, 1.54) is 6.08 Å². The van der Waals surface area contributed by atoms with Crippen LogP contribution in [0.3, 0.4) is 0 Å². The second-order valence-corrected chi connectivity index (χ2v) is 2.83. The highest BCUT2D eigenvalue weighted by Crippen LogP contribution is 2.01. The van der Waals surface area contributed by atoms with Gasteiger partial charge >= 0.3 is 0 Å². The zero-order valence-corrected chi connectivity index (χ0v) is 8.05. The molecule has 0 aliphatic carbocycles. The third kappa shape index (κ3) is 3.49. The van der Waals surface area contributed by atoms with Crippen LogP contribution in [0.5, 0.6) is 0 Å². The number of hydrogen-bond donors (Lipinski definition) is 1. The molecule has 74 valence electrons. The Morgan fingerprint density at radius 3 is 2.53 bits per heavy atom. The van der Waals surface area contributed by atoms with E-state index < -0.39 is 5.91 Å². The van der Waals surface area contributed by atoms with Gasteiger partial charge in [0.2, 0.25) is 0 Å². The molecular formula is C12H10N2O. The van der Waals surface area contributed by atoms with Crippen molar-refractivity contribution in [3.05, 3.63) is 53.6 Å². The third-order valence-corrected chi connectivity index (χ3v) is 1.74. The van der Waals surface area contributed by atoms with Crippen LogP contribution in [-0.2, 0) is 4.79 Å². The highest BCUT2D eigenvalue weighted by molar-refractivity contribution is 5.96. The van der Waals surface area contributed by atoms with Gasteiger partial charge in [0.25, 0.3) is 5.91 Å². The molecule has 2 N–H and O–H groups in total. The van der Waals surface area contributed by atoms with Gasteiger partial charge in [0, 0.05) is 0 Å². The summed E-state index contributed by atoms with van der Waals surface area (Å²) in [5.74, 6) is -0.713. The molecule has 1 aromatic carbocycles. The number of carbonyl (C=O) groups is 1. The number of rotatable bonds is 3. The SMILES string of the molecule is N#C/C(=C/C=C/c1ccccc1)C(N)=O. The normalized spacial score (nSPS) is 11.3. The molecule has 0 spiro atoms. The van der Waals surface area contributed by atoms with E-state index in [0.717, 1.165) is 5.56 Å². The predicted molar refractivity (Wildman–Crippen MR) is 58.4 cm³/mol. The number of amides is 1. The molecular weight excluding hydrogens is 188 g/mol. The van der Waals surface area contributed by atoms with Gasteiger partial charge in [-0.05, 0) is 11.6 Å². The molecule has 3 heteroatoms. The highest BCUT2D eigenvalue weighted by atomic mass is 16.1. The van der Waals surface area contributed by atoms with Crippen molar-refractivity contribution in [2.75, 3.05) is 0 Å². The first kappa shape index (κ1) is 10.7. The van der Waals surface area contributed by atoms with Gasteiger partial charge in [-0.3, -0.25) is 4.79 Å². The van der Waals surface area contributed by atoms with Crippen LogP contribution in [0.4, 0.5) is 0 Å². The Kier molecular flexibility index (Phi) is 3.87. The average molecular weight is 198 g/mol. The monoisotopic (exact) mass is 198 g/mol. The second kappa shape index (κ2) is 5.40. The van der Waals surface area contributed by atoms with Crippen LogP contribution in [0.25, 0.3) is 6.08 Å². The molecule has 0 aliphatic rings. The first-order valence-electron chi connectivity index (χ1n) is 4.37. The summed E-state index contributed by atoms with van der Waals surface area (Å²) in [6.45, 7) is 0. The predicted octanol–water partition coefficient (Wildman–Crippen LogP) is 1.64. The minimum Gasteiger partial charge on any atom is -0.365 e. The van der Waals surface area contributed by atoms with Gasteiger partial charge in [-0.2, -0.15) is 5.26 Å². The van der Waals surface area contributed by atoms with Gasteiger partial charge in [0.1, 0.15) is 11.6 Å². The van der Waals surface area contributed by atoms with E-state index >= 15 is 0 Å². The largest absolute Gasteiger partial charge is 0.365 e. The maximum atomic E-state index is 10.7. The fourth-order valence-corrected chi connectivity index (χ4v) is 0.994. The lowest BCUT2D eigenvalue weighted by molar-refractivity contribution is -0.114. The number of allylic oxidation sites excluding steroid dienone is 2. The molecule has 0 saturated carbocycles. The summed E-state index contributed by atoms with van der Waals surface area (Å²) in [6.07, 6.45) is 4.81. The standard InChI is InChI=1S/C12H10N2O/c13-9-11(12(14)15)8-4-7-10-5-2-1-3-6-10/h1-8H,(H2,14,15)/b7-4+,11-8-. The number of nitrogens with zero attached hydrogens (tertiary/aromatic N) is 1. The Bertz CT molecular complexity index is 438. The van der Waals surface area contributed by atoms with Crippen molar-refractivity contribution in [1.82, 2.24) is 0 Å². The summed E-state index contributed by atoms with van der Waals surface area (Å²) in [5.41, 5.74) is 5.91. The van der Waals surface area contributed by atoms with Crippen molar-refractivity contribution in [3.8, 4) is 6.07 Å². The fraction of sp³-hybridized carbons (Fsp3) is 0. The van der Waals surface area contributed by atoms with Crippen molar-refractivity contribution in [2.24, 2.45) is 5.73 Å². The highest BCUT2D eigenvalue weighted by Gasteiger charge is 1.99. The Morgan fingerprint density at radius 2 is 2.00 bits per heavy atom. The molecule has 0 aromatic heterocycles. The third-order valence-electron chi connectivity index (χ3n) is 1.74. The van der Waals surface area contributed by atoms with Crippen LogP contribution in [0.2, 0.25) is 0 Å². The summed E-state index contributed by atoms with van der Waals surface area (Å²) in [6, 6.07) is 11.3. The van der Waals surface area contributed by atoms with Crippen LogP contribution >= 0.6 is 0 Å². The molecule has 1 aromatic rings. The van der Waals surface area contributed by atoms with Gasteiger partial charge in [-0.25, -0.2) is 0 Å². The number of carbonyl (C=O) groups excluding carboxylic acids is 1. The van der Waals surface area contributed by atoms with E-state index in [4.69, 9.17) is 11.0 Å². The molecule has 0 aliphatic heterocycles. The molecule has 0 heterocycles. The van der Waals surface area contributed by atoms with E-state index in [0.29, 0.717) is 0 Å². The molecule has 0 unspecified atom stereocenters. The van der Waals surface area contributed by atoms with Gasteiger partial charge in [0.05, 0.1) is 0 Å². The maximum absolute atomic E-state index is 10.7. The number of nitrogens with two attached hydrogens (primary N) is 1. The summed E-state index contributed by atoms with van der Waals surface area (Å²) in [4.78, 5) is 10.7. The van der Waals surface area contributed by atoms with Crippen LogP contribution in [0, 0.1) is 11.3 Å². The molecule has 1 rings (SSSR count). The van der Waals surface area contributed by atoms with Crippen LogP contribution in [0.1, 0.15) is 5.56 Å². The number of benzene rings is 1. The van der Waals surface area contributed by atoms with Crippen molar-refractivity contribution in [1.29, 1.82) is 5.26 Å². The zero-order chi connectivity index (χ0) is 11.1. The van der Waals surface area contributed by atoms with E-state index in [9.17, 15) is 4.79 Å². The first-order chi connectivity index (χ1) is 7.24. The van der Waals surface area contributed by atoms with E-state index in [-0.39, 0.29) is 5.57 Å². The molecule has 15 heavy (non-hydrogen) atoms. The van der Waals surface area contributed by atoms with Crippen molar-refractivity contribution in [2.45, 2.75) is 0 Å². The van der Waals surface area contributed by atoms with Crippen LogP contribution in [0.15, 0.2) is 48.1 Å². The van der Waals surface area contributed by atoms with E-state index in [1.54, 1.807) is 18.2 Å². The van der Waals surface area contributed by atoms with Crippen LogP contribution in [-0.4, -0.2) is 5.91 Å². The summed E-state index contributed by atoms with van der Waals surface area (Å²) >= 11 is 0. The Balaban J connectivity index is 2.76. The number of nitriles is 1. The Labute approximate surface area is 88.1 Å². The van der Waals surface area contributed by atoms with Gasteiger partial charge < -0.3 is 5.73 Å². The van der Waals surface area contributed by atoms with E-state index in [2.05, 4.69) is 0 Å². The van der Waals surface area contributed by atoms with Gasteiger partial charge in [-0.15, -0.1) is 0 Å². The zero-order valence-electron chi connectivity index (χ0n) is 8.05. The quantitative estimate of drug-likeness (QED) is 0.455. The topological polar surface area (TPSA) is 66.9 Å². The first-order valence-corrected chi connectivity index (χ1v) is 4.37. The Morgan fingerprint density at radius 1 is 1.33 bits per heavy atom. The van der Waals surface area contributed by atoms with Crippen molar-refractivity contribution >= 4 is 12.0 Å².